The van der Waals surface area contributed by atoms with Crippen molar-refractivity contribution >= 4 is 17.4 Å². The van der Waals surface area contributed by atoms with Crippen molar-refractivity contribution in [2.45, 2.75) is 6.54 Å². The molecule has 90 valence electrons. The van der Waals surface area contributed by atoms with Crippen LogP contribution in [0.2, 0.25) is 0 Å². The fourth-order valence-corrected chi connectivity index (χ4v) is 2.03. The van der Waals surface area contributed by atoms with Crippen LogP contribution in [0.1, 0.15) is 5.56 Å². The van der Waals surface area contributed by atoms with Crippen molar-refractivity contribution in [3.8, 4) is 5.88 Å². The van der Waals surface area contributed by atoms with E-state index >= 15 is 0 Å². The SMILES string of the molecule is COc1nscc1CN(C)c1cc(F)ncn1. The largest absolute Gasteiger partial charge is 0.480 e. The summed E-state index contributed by atoms with van der Waals surface area (Å²) in [4.78, 5) is 9.21. The summed E-state index contributed by atoms with van der Waals surface area (Å²) in [5, 5.41) is 1.90. The van der Waals surface area contributed by atoms with E-state index in [0.717, 1.165) is 5.56 Å². The number of hydrogen-bond donors (Lipinski definition) is 0. The van der Waals surface area contributed by atoms with Crippen LogP contribution in [0.5, 0.6) is 5.88 Å². The van der Waals surface area contributed by atoms with E-state index in [1.165, 1.54) is 23.9 Å². The van der Waals surface area contributed by atoms with Crippen molar-refractivity contribution < 1.29 is 9.13 Å². The summed E-state index contributed by atoms with van der Waals surface area (Å²) in [6.07, 6.45) is 1.20. The van der Waals surface area contributed by atoms with E-state index in [0.29, 0.717) is 18.2 Å². The van der Waals surface area contributed by atoms with E-state index in [1.807, 2.05) is 12.4 Å². The summed E-state index contributed by atoms with van der Waals surface area (Å²) in [6.45, 7) is 0.552. The van der Waals surface area contributed by atoms with Crippen LogP contribution in [0.3, 0.4) is 0 Å². The van der Waals surface area contributed by atoms with Gasteiger partial charge in [0, 0.05) is 24.1 Å². The van der Waals surface area contributed by atoms with Gasteiger partial charge in [0.15, 0.2) is 0 Å². The van der Waals surface area contributed by atoms with Gasteiger partial charge in [-0.3, -0.25) is 0 Å². The fraction of sp³-hybridized carbons (Fsp3) is 0.300. The highest BCUT2D eigenvalue weighted by Gasteiger charge is 2.11. The molecule has 0 saturated carbocycles. The molecule has 0 aliphatic rings. The maximum Gasteiger partial charge on any atom is 0.229 e. The lowest BCUT2D eigenvalue weighted by Gasteiger charge is -2.17. The molecule has 0 saturated heterocycles. The minimum atomic E-state index is -0.544. The molecule has 0 atom stereocenters. The highest BCUT2D eigenvalue weighted by Crippen LogP contribution is 2.21. The monoisotopic (exact) mass is 254 g/mol. The van der Waals surface area contributed by atoms with Crippen LogP contribution in [0.25, 0.3) is 0 Å². The smallest absolute Gasteiger partial charge is 0.229 e. The van der Waals surface area contributed by atoms with Gasteiger partial charge in [0.05, 0.1) is 13.7 Å². The van der Waals surface area contributed by atoms with Crippen molar-refractivity contribution in [2.24, 2.45) is 0 Å². The first-order chi connectivity index (χ1) is 8.20. The zero-order chi connectivity index (χ0) is 12.3. The zero-order valence-electron chi connectivity index (χ0n) is 9.42. The van der Waals surface area contributed by atoms with E-state index in [9.17, 15) is 4.39 Å². The van der Waals surface area contributed by atoms with Crippen LogP contribution in [-0.2, 0) is 6.54 Å². The Balaban J connectivity index is 2.14. The summed E-state index contributed by atoms with van der Waals surface area (Å²) >= 11 is 1.32. The Kier molecular flexibility index (Phi) is 3.48. The number of ether oxygens (including phenoxy) is 1. The second kappa shape index (κ2) is 5.05. The molecule has 2 aromatic rings. The first-order valence-corrected chi connectivity index (χ1v) is 5.70. The molecule has 2 rings (SSSR count). The number of rotatable bonds is 4. The molecule has 17 heavy (non-hydrogen) atoms. The van der Waals surface area contributed by atoms with Gasteiger partial charge >= 0.3 is 0 Å². The second-order valence-electron chi connectivity index (χ2n) is 3.40. The summed E-state index contributed by atoms with van der Waals surface area (Å²) in [7, 11) is 3.39. The third kappa shape index (κ3) is 2.68. The maximum absolute atomic E-state index is 12.9. The van der Waals surface area contributed by atoms with E-state index in [2.05, 4.69) is 14.3 Å². The molecule has 0 N–H and O–H groups in total. The minimum absolute atomic E-state index is 0.519. The van der Waals surface area contributed by atoms with Crippen molar-refractivity contribution in [1.82, 2.24) is 14.3 Å². The van der Waals surface area contributed by atoms with Crippen LogP contribution < -0.4 is 9.64 Å². The molecular formula is C10H11FN4OS. The summed E-state index contributed by atoms with van der Waals surface area (Å²) in [6, 6.07) is 1.28. The van der Waals surface area contributed by atoms with Gasteiger partial charge in [-0.05, 0) is 11.5 Å². The molecule has 2 aromatic heterocycles. The third-order valence-corrected chi connectivity index (χ3v) is 2.88. The minimum Gasteiger partial charge on any atom is -0.480 e. The van der Waals surface area contributed by atoms with Crippen LogP contribution in [0, 0.1) is 5.95 Å². The van der Waals surface area contributed by atoms with Crippen molar-refractivity contribution in [3.63, 3.8) is 0 Å². The standard InChI is InChI=1S/C10H11FN4OS/c1-15(9-3-8(11)12-6-13-9)4-7-5-17-14-10(7)16-2/h3,5-6H,4H2,1-2H3. The molecular weight excluding hydrogens is 243 g/mol. The number of nitrogens with zero attached hydrogens (tertiary/aromatic N) is 4. The second-order valence-corrected chi connectivity index (χ2v) is 4.03. The average molecular weight is 254 g/mol. The quantitative estimate of drug-likeness (QED) is 0.777. The van der Waals surface area contributed by atoms with Crippen molar-refractivity contribution in [3.05, 3.63) is 29.3 Å². The summed E-state index contributed by atoms with van der Waals surface area (Å²) in [5.74, 6) is 0.569. The van der Waals surface area contributed by atoms with Crippen LogP contribution >= 0.6 is 11.5 Å². The number of methoxy groups -OCH3 is 1. The Labute approximate surface area is 102 Å². The van der Waals surface area contributed by atoms with Crippen LogP contribution in [0.4, 0.5) is 10.2 Å². The summed E-state index contributed by atoms with van der Waals surface area (Å²) in [5.41, 5.74) is 0.944. The van der Waals surface area contributed by atoms with E-state index < -0.39 is 5.95 Å². The van der Waals surface area contributed by atoms with Gasteiger partial charge in [-0.2, -0.15) is 8.76 Å². The highest BCUT2D eigenvalue weighted by atomic mass is 32.1. The molecule has 5 nitrogen and oxygen atoms in total. The Bertz CT molecular complexity index is 505. The Morgan fingerprint density at radius 1 is 1.47 bits per heavy atom. The lowest BCUT2D eigenvalue weighted by atomic mass is 10.3. The van der Waals surface area contributed by atoms with Gasteiger partial charge in [-0.1, -0.05) is 0 Å². The predicted octanol–water partition coefficient (Wildman–Crippen LogP) is 1.72. The first kappa shape index (κ1) is 11.7. The molecule has 2 heterocycles. The topological polar surface area (TPSA) is 51.1 Å². The molecule has 0 bridgehead atoms. The molecule has 0 aromatic carbocycles. The molecule has 0 unspecified atom stereocenters. The van der Waals surface area contributed by atoms with Crippen molar-refractivity contribution in [1.29, 1.82) is 0 Å². The number of halogens is 1. The molecule has 7 heteroatoms. The number of hydrogen-bond acceptors (Lipinski definition) is 6. The van der Waals surface area contributed by atoms with Crippen LogP contribution in [0.15, 0.2) is 17.8 Å². The number of anilines is 1. The van der Waals surface area contributed by atoms with Gasteiger partial charge in [0.2, 0.25) is 11.8 Å². The molecule has 0 radical (unpaired) electrons. The van der Waals surface area contributed by atoms with Gasteiger partial charge in [-0.25, -0.2) is 9.97 Å². The van der Waals surface area contributed by atoms with Gasteiger partial charge in [-0.15, -0.1) is 0 Å². The first-order valence-electron chi connectivity index (χ1n) is 4.86. The van der Waals surface area contributed by atoms with Gasteiger partial charge in [0.1, 0.15) is 12.1 Å². The third-order valence-electron chi connectivity index (χ3n) is 2.22. The predicted molar refractivity (Wildman–Crippen MR) is 62.8 cm³/mol. The maximum atomic E-state index is 12.9. The van der Waals surface area contributed by atoms with Gasteiger partial charge < -0.3 is 9.64 Å². The van der Waals surface area contributed by atoms with E-state index in [-0.39, 0.29) is 0 Å². The lowest BCUT2D eigenvalue weighted by molar-refractivity contribution is 0.397. The summed E-state index contributed by atoms with van der Waals surface area (Å²) < 4.78 is 22.1. The molecule has 0 amide bonds. The van der Waals surface area contributed by atoms with Gasteiger partial charge in [0.25, 0.3) is 0 Å². The van der Waals surface area contributed by atoms with E-state index in [1.54, 1.807) is 12.0 Å². The average Bonchev–Trinajstić information content (AvgIpc) is 2.76. The molecule has 0 fully saturated rings. The van der Waals surface area contributed by atoms with Crippen LogP contribution in [-0.4, -0.2) is 28.5 Å². The number of aromatic nitrogens is 3. The Morgan fingerprint density at radius 3 is 3.00 bits per heavy atom. The Morgan fingerprint density at radius 2 is 2.29 bits per heavy atom. The highest BCUT2D eigenvalue weighted by molar-refractivity contribution is 7.03. The fourth-order valence-electron chi connectivity index (χ4n) is 1.39. The normalized spacial score (nSPS) is 10.3. The Hall–Kier alpha value is -1.76. The molecule has 0 aliphatic heterocycles. The molecule has 0 aliphatic carbocycles. The molecule has 0 spiro atoms. The van der Waals surface area contributed by atoms with Crippen molar-refractivity contribution in [2.75, 3.05) is 19.1 Å². The zero-order valence-corrected chi connectivity index (χ0v) is 10.2. The lowest BCUT2D eigenvalue weighted by Crippen LogP contribution is -2.18. The van der Waals surface area contributed by atoms with E-state index in [4.69, 9.17) is 4.74 Å².